The highest BCUT2D eigenvalue weighted by Crippen LogP contribution is 2.31. The molecule has 2 aliphatic rings. The van der Waals surface area contributed by atoms with Crippen LogP contribution in [0.3, 0.4) is 0 Å². The Morgan fingerprint density at radius 3 is 2.89 bits per heavy atom. The summed E-state index contributed by atoms with van der Waals surface area (Å²) in [6, 6.07) is 7.06. The van der Waals surface area contributed by atoms with Gasteiger partial charge in [-0.1, -0.05) is 17.7 Å². The largest absolute Gasteiger partial charge is 0.394 e. The molecule has 3 rings (SSSR count). The summed E-state index contributed by atoms with van der Waals surface area (Å²) in [5.74, 6) is 0. The Morgan fingerprint density at radius 1 is 1.32 bits per heavy atom. The highest BCUT2D eigenvalue weighted by molar-refractivity contribution is 6.30. The minimum Gasteiger partial charge on any atom is -0.394 e. The van der Waals surface area contributed by atoms with E-state index in [4.69, 9.17) is 11.6 Å². The lowest BCUT2D eigenvalue weighted by molar-refractivity contribution is 0.266. The molecule has 1 heterocycles. The summed E-state index contributed by atoms with van der Waals surface area (Å²) in [5.41, 5.74) is 2.48. The number of benzene rings is 1. The van der Waals surface area contributed by atoms with Crippen LogP contribution in [0.1, 0.15) is 31.2 Å². The van der Waals surface area contributed by atoms with Crippen molar-refractivity contribution in [3.8, 4) is 0 Å². The van der Waals surface area contributed by atoms with Crippen LogP contribution in [0.5, 0.6) is 0 Å². The zero-order valence-corrected chi connectivity index (χ0v) is 11.9. The number of nitrogens with one attached hydrogen (secondary N) is 1. The highest BCUT2D eigenvalue weighted by atomic mass is 35.5. The maximum atomic E-state index is 9.50. The van der Waals surface area contributed by atoms with Gasteiger partial charge >= 0.3 is 0 Å². The Morgan fingerprint density at radius 2 is 2.16 bits per heavy atom. The lowest BCUT2D eigenvalue weighted by atomic mass is 10.1. The van der Waals surface area contributed by atoms with Crippen LogP contribution in [0.4, 0.5) is 5.69 Å². The second-order valence-electron chi connectivity index (χ2n) is 5.60. The zero-order valence-electron chi connectivity index (χ0n) is 11.1. The Kier molecular flexibility index (Phi) is 3.96. The molecule has 0 spiro atoms. The molecule has 1 saturated heterocycles. The maximum absolute atomic E-state index is 9.50. The SMILES string of the molecule is OCC1CCCN1c1cc(Cl)ccc1CNC1CC1. The first-order valence-corrected chi connectivity index (χ1v) is 7.55. The summed E-state index contributed by atoms with van der Waals surface area (Å²) in [5, 5.41) is 13.8. The van der Waals surface area contributed by atoms with E-state index in [0.717, 1.165) is 31.0 Å². The first kappa shape index (κ1) is 13.2. The van der Waals surface area contributed by atoms with Crippen LogP contribution in [-0.2, 0) is 6.54 Å². The van der Waals surface area contributed by atoms with Crippen LogP contribution in [-0.4, -0.2) is 30.3 Å². The molecule has 1 aromatic rings. The minimum absolute atomic E-state index is 0.224. The van der Waals surface area contributed by atoms with Gasteiger partial charge in [-0.2, -0.15) is 0 Å². The van der Waals surface area contributed by atoms with Crippen molar-refractivity contribution in [3.05, 3.63) is 28.8 Å². The molecule has 2 fully saturated rings. The average Bonchev–Trinajstić information content (AvgIpc) is 3.12. The van der Waals surface area contributed by atoms with Gasteiger partial charge in [0, 0.05) is 29.8 Å². The third-order valence-electron chi connectivity index (χ3n) is 4.10. The molecule has 1 unspecified atom stereocenters. The molecule has 0 aromatic heterocycles. The van der Waals surface area contributed by atoms with Crippen molar-refractivity contribution in [1.29, 1.82) is 0 Å². The smallest absolute Gasteiger partial charge is 0.0635 e. The summed E-state index contributed by atoms with van der Waals surface area (Å²) < 4.78 is 0. The Labute approximate surface area is 119 Å². The van der Waals surface area contributed by atoms with Crippen LogP contribution < -0.4 is 10.2 Å². The Balaban J connectivity index is 1.81. The molecule has 2 N–H and O–H groups in total. The van der Waals surface area contributed by atoms with Crippen molar-refractivity contribution in [2.24, 2.45) is 0 Å². The summed E-state index contributed by atoms with van der Waals surface area (Å²) >= 11 is 6.15. The van der Waals surface area contributed by atoms with E-state index in [1.807, 2.05) is 12.1 Å². The van der Waals surface area contributed by atoms with E-state index in [0.29, 0.717) is 6.04 Å². The molecular formula is C15H21ClN2O. The number of nitrogens with zero attached hydrogens (tertiary/aromatic N) is 1. The summed E-state index contributed by atoms with van der Waals surface area (Å²) in [7, 11) is 0. The first-order valence-electron chi connectivity index (χ1n) is 7.17. The average molecular weight is 281 g/mol. The third-order valence-corrected chi connectivity index (χ3v) is 4.34. The van der Waals surface area contributed by atoms with E-state index in [1.165, 1.54) is 24.1 Å². The lowest BCUT2D eigenvalue weighted by Gasteiger charge is -2.28. The molecule has 19 heavy (non-hydrogen) atoms. The normalized spacial score (nSPS) is 23.1. The van der Waals surface area contributed by atoms with Gasteiger partial charge in [0.1, 0.15) is 0 Å². The molecule has 1 atom stereocenters. The zero-order chi connectivity index (χ0) is 13.2. The molecule has 3 nitrogen and oxygen atoms in total. The fourth-order valence-electron chi connectivity index (χ4n) is 2.84. The second-order valence-corrected chi connectivity index (χ2v) is 6.04. The van der Waals surface area contributed by atoms with Crippen LogP contribution in [0, 0.1) is 0 Å². The van der Waals surface area contributed by atoms with Gasteiger partial charge in [-0.3, -0.25) is 0 Å². The molecule has 104 valence electrons. The van der Waals surface area contributed by atoms with E-state index in [-0.39, 0.29) is 12.6 Å². The maximum Gasteiger partial charge on any atom is 0.0635 e. The standard InChI is InChI=1S/C15H21ClN2O/c16-12-4-3-11(9-17-13-5-6-13)15(8-12)18-7-1-2-14(18)10-19/h3-4,8,13-14,17,19H,1-2,5-7,9-10H2. The molecule has 1 saturated carbocycles. The molecule has 0 bridgehead atoms. The van der Waals surface area contributed by atoms with Gasteiger partial charge in [-0.25, -0.2) is 0 Å². The molecule has 0 radical (unpaired) electrons. The van der Waals surface area contributed by atoms with Gasteiger partial charge in [0.25, 0.3) is 0 Å². The summed E-state index contributed by atoms with van der Waals surface area (Å²) in [6.45, 7) is 2.13. The Bertz CT molecular complexity index is 448. The predicted octanol–water partition coefficient (Wildman–Crippen LogP) is 2.55. The number of aliphatic hydroxyl groups is 1. The fraction of sp³-hybridized carbons (Fsp3) is 0.600. The van der Waals surface area contributed by atoms with E-state index in [9.17, 15) is 5.11 Å². The fourth-order valence-corrected chi connectivity index (χ4v) is 3.00. The summed E-state index contributed by atoms with van der Waals surface area (Å²) in [4.78, 5) is 2.32. The first-order chi connectivity index (χ1) is 9.28. The minimum atomic E-state index is 0.224. The van der Waals surface area contributed by atoms with Crippen LogP contribution in [0.2, 0.25) is 5.02 Å². The van der Waals surface area contributed by atoms with Crippen LogP contribution in [0.25, 0.3) is 0 Å². The highest BCUT2D eigenvalue weighted by Gasteiger charge is 2.26. The van der Waals surface area contributed by atoms with Crippen molar-refractivity contribution in [1.82, 2.24) is 5.32 Å². The molecule has 4 heteroatoms. The van der Waals surface area contributed by atoms with Crippen LogP contribution in [0.15, 0.2) is 18.2 Å². The number of hydrogen-bond donors (Lipinski definition) is 2. The van der Waals surface area contributed by atoms with Gasteiger partial charge in [0.15, 0.2) is 0 Å². The van der Waals surface area contributed by atoms with Crippen molar-refractivity contribution in [2.45, 2.75) is 44.3 Å². The van der Waals surface area contributed by atoms with Gasteiger partial charge in [-0.05, 0) is 43.4 Å². The van der Waals surface area contributed by atoms with E-state index >= 15 is 0 Å². The topological polar surface area (TPSA) is 35.5 Å². The molecule has 1 aromatic carbocycles. The number of aliphatic hydroxyl groups excluding tert-OH is 1. The molecular weight excluding hydrogens is 260 g/mol. The van der Waals surface area contributed by atoms with Gasteiger partial charge in [-0.15, -0.1) is 0 Å². The van der Waals surface area contributed by atoms with E-state index in [1.54, 1.807) is 0 Å². The van der Waals surface area contributed by atoms with Gasteiger partial charge in [0.05, 0.1) is 12.6 Å². The third kappa shape index (κ3) is 3.04. The van der Waals surface area contributed by atoms with Crippen molar-refractivity contribution < 1.29 is 5.11 Å². The second kappa shape index (κ2) is 5.70. The quantitative estimate of drug-likeness (QED) is 0.870. The molecule has 1 aliphatic carbocycles. The number of anilines is 1. The number of hydrogen-bond acceptors (Lipinski definition) is 3. The lowest BCUT2D eigenvalue weighted by Crippen LogP contribution is -2.33. The van der Waals surface area contributed by atoms with E-state index < -0.39 is 0 Å². The number of halogens is 1. The monoisotopic (exact) mass is 280 g/mol. The van der Waals surface area contributed by atoms with E-state index in [2.05, 4.69) is 16.3 Å². The number of rotatable bonds is 5. The van der Waals surface area contributed by atoms with Gasteiger partial charge in [0.2, 0.25) is 0 Å². The van der Waals surface area contributed by atoms with Crippen LogP contribution >= 0.6 is 11.6 Å². The van der Waals surface area contributed by atoms with Gasteiger partial charge < -0.3 is 15.3 Å². The van der Waals surface area contributed by atoms with Crippen molar-refractivity contribution >= 4 is 17.3 Å². The van der Waals surface area contributed by atoms with Crippen molar-refractivity contribution in [2.75, 3.05) is 18.1 Å². The molecule has 1 aliphatic heterocycles. The van der Waals surface area contributed by atoms with Crippen molar-refractivity contribution in [3.63, 3.8) is 0 Å². The molecule has 0 amide bonds. The predicted molar refractivity (Wildman–Crippen MR) is 78.8 cm³/mol. The summed E-state index contributed by atoms with van der Waals surface area (Å²) in [6.07, 6.45) is 4.81. The Hall–Kier alpha value is -0.770.